The van der Waals surface area contributed by atoms with Crippen LogP contribution >= 0.6 is 12.4 Å². The van der Waals surface area contributed by atoms with Crippen LogP contribution in [0.1, 0.15) is 11.6 Å². The fourth-order valence-corrected chi connectivity index (χ4v) is 0.811. The molecule has 0 aliphatic carbocycles. The molecule has 0 bridgehead atoms. The van der Waals surface area contributed by atoms with Crippen molar-refractivity contribution in [3.05, 3.63) is 29.8 Å². The van der Waals surface area contributed by atoms with Crippen molar-refractivity contribution < 1.29 is 9.50 Å². The zero-order chi connectivity index (χ0) is 8.27. The molecule has 3 N–H and O–H groups in total. The maximum Gasteiger partial charge on any atom is 0.115 e. The van der Waals surface area contributed by atoms with Crippen molar-refractivity contribution in [2.75, 3.05) is 6.67 Å². The Morgan fingerprint density at radius 1 is 1.33 bits per heavy atom. The Bertz CT molecular complexity index is 227. The number of alkyl halides is 1. The third-order valence-electron chi connectivity index (χ3n) is 1.49. The summed E-state index contributed by atoms with van der Waals surface area (Å²) in [7, 11) is 0. The van der Waals surface area contributed by atoms with Gasteiger partial charge in [-0.3, -0.25) is 0 Å². The molecule has 68 valence electrons. The topological polar surface area (TPSA) is 46.2 Å². The minimum atomic E-state index is -0.579. The summed E-state index contributed by atoms with van der Waals surface area (Å²) in [5.41, 5.74) is 6.09. The van der Waals surface area contributed by atoms with Gasteiger partial charge in [-0.05, 0) is 17.7 Å². The first kappa shape index (κ1) is 11.2. The van der Waals surface area contributed by atoms with Gasteiger partial charge in [0.1, 0.15) is 12.4 Å². The molecule has 12 heavy (non-hydrogen) atoms. The summed E-state index contributed by atoms with van der Waals surface area (Å²) >= 11 is 0. The Morgan fingerprint density at radius 2 is 1.83 bits per heavy atom. The summed E-state index contributed by atoms with van der Waals surface area (Å²) < 4.78 is 12.0. The van der Waals surface area contributed by atoms with Gasteiger partial charge in [0, 0.05) is 0 Å². The number of aromatic hydroxyl groups is 1. The standard InChI is InChI=1S/C8H10FNO.ClH/c9-5-8(10)6-1-3-7(11)4-2-6;/h1-4,8,11H,5,10H2;1H/t8-;/m0./s1. The van der Waals surface area contributed by atoms with E-state index in [0.717, 1.165) is 0 Å². The molecule has 0 aromatic heterocycles. The average Bonchev–Trinajstić information content (AvgIpc) is 2.05. The van der Waals surface area contributed by atoms with Crippen molar-refractivity contribution in [2.24, 2.45) is 5.73 Å². The van der Waals surface area contributed by atoms with E-state index in [0.29, 0.717) is 5.56 Å². The monoisotopic (exact) mass is 191 g/mol. The molecule has 0 aliphatic rings. The quantitative estimate of drug-likeness (QED) is 0.749. The lowest BCUT2D eigenvalue weighted by molar-refractivity contribution is 0.436. The van der Waals surface area contributed by atoms with E-state index in [1.54, 1.807) is 12.1 Å². The van der Waals surface area contributed by atoms with E-state index >= 15 is 0 Å². The number of hydrogen-bond donors (Lipinski definition) is 2. The predicted molar refractivity (Wildman–Crippen MR) is 48.3 cm³/mol. The Labute approximate surface area is 76.6 Å². The highest BCUT2D eigenvalue weighted by atomic mass is 35.5. The van der Waals surface area contributed by atoms with Crippen LogP contribution in [0.5, 0.6) is 5.75 Å². The molecule has 0 saturated carbocycles. The van der Waals surface area contributed by atoms with Gasteiger partial charge in [0.15, 0.2) is 0 Å². The van der Waals surface area contributed by atoms with Gasteiger partial charge in [-0.25, -0.2) is 4.39 Å². The van der Waals surface area contributed by atoms with Crippen LogP contribution < -0.4 is 5.73 Å². The van der Waals surface area contributed by atoms with Crippen molar-refractivity contribution in [1.82, 2.24) is 0 Å². The maximum atomic E-state index is 12.0. The van der Waals surface area contributed by atoms with Crippen molar-refractivity contribution in [3.8, 4) is 5.75 Å². The Balaban J connectivity index is 0.00000121. The number of phenolic OH excluding ortho intramolecular Hbond substituents is 1. The van der Waals surface area contributed by atoms with Gasteiger partial charge in [0.25, 0.3) is 0 Å². The molecular formula is C8H11ClFNO. The number of benzene rings is 1. The normalized spacial score (nSPS) is 11.8. The van der Waals surface area contributed by atoms with Gasteiger partial charge in [-0.1, -0.05) is 12.1 Å². The van der Waals surface area contributed by atoms with E-state index in [-0.39, 0.29) is 18.2 Å². The van der Waals surface area contributed by atoms with E-state index in [1.807, 2.05) is 0 Å². The second-order valence-corrected chi connectivity index (χ2v) is 2.35. The van der Waals surface area contributed by atoms with Crippen molar-refractivity contribution in [1.29, 1.82) is 0 Å². The van der Waals surface area contributed by atoms with Crippen LogP contribution in [0.4, 0.5) is 4.39 Å². The summed E-state index contributed by atoms with van der Waals surface area (Å²) in [4.78, 5) is 0. The first-order valence-corrected chi connectivity index (χ1v) is 3.34. The van der Waals surface area contributed by atoms with Crippen LogP contribution in [0.3, 0.4) is 0 Å². The molecule has 4 heteroatoms. The fourth-order valence-electron chi connectivity index (χ4n) is 0.811. The predicted octanol–water partition coefficient (Wildman–Crippen LogP) is 1.78. The molecule has 0 saturated heterocycles. The fraction of sp³-hybridized carbons (Fsp3) is 0.250. The first-order valence-electron chi connectivity index (χ1n) is 3.34. The summed E-state index contributed by atoms with van der Waals surface area (Å²) in [6, 6.07) is 5.63. The summed E-state index contributed by atoms with van der Waals surface area (Å²) in [6.07, 6.45) is 0. The van der Waals surface area contributed by atoms with E-state index in [4.69, 9.17) is 10.8 Å². The zero-order valence-corrected chi connectivity index (χ0v) is 7.22. The lowest BCUT2D eigenvalue weighted by atomic mass is 10.1. The highest BCUT2D eigenvalue weighted by molar-refractivity contribution is 5.85. The van der Waals surface area contributed by atoms with Crippen molar-refractivity contribution in [3.63, 3.8) is 0 Å². The van der Waals surface area contributed by atoms with Gasteiger partial charge in [-0.2, -0.15) is 0 Å². The average molecular weight is 192 g/mol. The van der Waals surface area contributed by atoms with Crippen LogP contribution in [-0.2, 0) is 0 Å². The lowest BCUT2D eigenvalue weighted by Crippen LogP contribution is -2.11. The number of rotatable bonds is 2. The lowest BCUT2D eigenvalue weighted by Gasteiger charge is -2.05. The molecule has 0 unspecified atom stereocenters. The maximum absolute atomic E-state index is 12.0. The Hall–Kier alpha value is -0.800. The van der Waals surface area contributed by atoms with Crippen molar-refractivity contribution in [2.45, 2.75) is 6.04 Å². The SMILES string of the molecule is Cl.N[C@@H](CF)c1ccc(O)cc1. The van der Waals surface area contributed by atoms with Crippen LogP contribution in [-0.4, -0.2) is 11.8 Å². The van der Waals surface area contributed by atoms with Gasteiger partial charge >= 0.3 is 0 Å². The van der Waals surface area contributed by atoms with Gasteiger partial charge in [-0.15, -0.1) is 12.4 Å². The van der Waals surface area contributed by atoms with Gasteiger partial charge in [0.05, 0.1) is 6.04 Å². The Kier molecular flexibility index (Phi) is 4.62. The van der Waals surface area contributed by atoms with Crippen molar-refractivity contribution >= 4 is 12.4 Å². The summed E-state index contributed by atoms with van der Waals surface area (Å²) in [5, 5.41) is 8.88. The molecule has 0 radical (unpaired) electrons. The Morgan fingerprint density at radius 3 is 2.25 bits per heavy atom. The number of nitrogens with two attached hydrogens (primary N) is 1. The first-order chi connectivity index (χ1) is 5.24. The van der Waals surface area contributed by atoms with Crippen LogP contribution in [0, 0.1) is 0 Å². The van der Waals surface area contributed by atoms with E-state index in [9.17, 15) is 4.39 Å². The summed E-state index contributed by atoms with van der Waals surface area (Å²) in [5.74, 6) is 0.166. The van der Waals surface area contributed by atoms with Crippen LogP contribution in [0.25, 0.3) is 0 Å². The van der Waals surface area contributed by atoms with E-state index in [2.05, 4.69) is 0 Å². The second kappa shape index (κ2) is 4.95. The molecular weight excluding hydrogens is 181 g/mol. The highest BCUT2D eigenvalue weighted by Crippen LogP contribution is 2.14. The van der Waals surface area contributed by atoms with Gasteiger partial charge in [0.2, 0.25) is 0 Å². The van der Waals surface area contributed by atoms with Crippen LogP contribution in [0.2, 0.25) is 0 Å². The second-order valence-electron chi connectivity index (χ2n) is 2.35. The molecule has 1 rings (SSSR count). The number of phenols is 1. The molecule has 1 aromatic rings. The zero-order valence-electron chi connectivity index (χ0n) is 6.40. The molecule has 0 fully saturated rings. The highest BCUT2D eigenvalue weighted by Gasteiger charge is 2.03. The molecule has 0 aliphatic heterocycles. The van der Waals surface area contributed by atoms with E-state index in [1.165, 1.54) is 12.1 Å². The molecule has 2 nitrogen and oxygen atoms in total. The molecule has 1 aromatic carbocycles. The number of hydrogen-bond acceptors (Lipinski definition) is 2. The minimum absolute atomic E-state index is 0. The third-order valence-corrected chi connectivity index (χ3v) is 1.49. The summed E-state index contributed by atoms with van der Waals surface area (Å²) in [6.45, 7) is -0.579. The van der Waals surface area contributed by atoms with E-state index < -0.39 is 12.7 Å². The third kappa shape index (κ3) is 2.68. The molecule has 0 spiro atoms. The largest absolute Gasteiger partial charge is 0.508 e. The molecule has 0 heterocycles. The molecule has 1 atom stereocenters. The van der Waals surface area contributed by atoms with Gasteiger partial charge < -0.3 is 10.8 Å². The van der Waals surface area contributed by atoms with Crippen LogP contribution in [0.15, 0.2) is 24.3 Å². The smallest absolute Gasteiger partial charge is 0.115 e. The number of halogens is 2. The molecule has 0 amide bonds. The minimum Gasteiger partial charge on any atom is -0.508 e.